The van der Waals surface area contributed by atoms with Crippen molar-refractivity contribution in [3.63, 3.8) is 0 Å². The lowest BCUT2D eigenvalue weighted by molar-refractivity contribution is -0.148. The molecule has 1 saturated heterocycles. The Bertz CT molecular complexity index is 503. The van der Waals surface area contributed by atoms with Crippen molar-refractivity contribution in [2.24, 2.45) is 5.92 Å². The molecular weight excluding hydrogens is 270 g/mol. The molecule has 21 heavy (non-hydrogen) atoms. The number of aliphatic carboxylic acids is 1. The number of carboxylic acid groups (broad SMARTS) is 1. The minimum Gasteiger partial charge on any atom is -0.492 e. The van der Waals surface area contributed by atoms with Gasteiger partial charge in [0, 0.05) is 19.6 Å². The molecule has 0 saturated carbocycles. The summed E-state index contributed by atoms with van der Waals surface area (Å²) in [7, 11) is 0. The SMILES string of the molecule is Cc1ccc(OCCN2CC[C@H](O)[C@@H](C(=O)O)C2)c(C)c1. The van der Waals surface area contributed by atoms with Crippen LogP contribution in [0.25, 0.3) is 0 Å². The maximum absolute atomic E-state index is 11.1. The van der Waals surface area contributed by atoms with E-state index in [2.05, 4.69) is 6.07 Å². The van der Waals surface area contributed by atoms with Crippen molar-refractivity contribution in [1.82, 2.24) is 4.90 Å². The maximum atomic E-state index is 11.1. The van der Waals surface area contributed by atoms with Crippen molar-refractivity contribution in [3.05, 3.63) is 29.3 Å². The molecule has 0 radical (unpaired) electrons. The third kappa shape index (κ3) is 4.19. The number of benzene rings is 1. The lowest BCUT2D eigenvalue weighted by Gasteiger charge is -2.33. The van der Waals surface area contributed by atoms with Crippen LogP contribution in [0.3, 0.4) is 0 Å². The topological polar surface area (TPSA) is 70.0 Å². The van der Waals surface area contributed by atoms with Gasteiger partial charge in [0.05, 0.1) is 12.0 Å². The average molecular weight is 293 g/mol. The predicted octanol–water partition coefficient (Wildman–Crippen LogP) is 1.45. The van der Waals surface area contributed by atoms with Crippen molar-refractivity contribution in [3.8, 4) is 5.75 Å². The van der Waals surface area contributed by atoms with Crippen molar-refractivity contribution in [2.45, 2.75) is 26.4 Å². The molecule has 0 aromatic heterocycles. The van der Waals surface area contributed by atoms with E-state index in [0.29, 0.717) is 32.7 Å². The van der Waals surface area contributed by atoms with Crippen LogP contribution in [-0.4, -0.2) is 53.4 Å². The van der Waals surface area contributed by atoms with Crippen LogP contribution in [0.2, 0.25) is 0 Å². The summed E-state index contributed by atoms with van der Waals surface area (Å²) in [6, 6.07) is 6.05. The monoisotopic (exact) mass is 293 g/mol. The summed E-state index contributed by atoms with van der Waals surface area (Å²) in [6.45, 7) is 6.34. The molecule has 0 unspecified atom stereocenters. The van der Waals surface area contributed by atoms with Gasteiger partial charge in [0.15, 0.2) is 0 Å². The van der Waals surface area contributed by atoms with E-state index in [1.165, 1.54) is 5.56 Å². The molecule has 5 heteroatoms. The van der Waals surface area contributed by atoms with E-state index in [0.717, 1.165) is 11.3 Å². The maximum Gasteiger partial charge on any atom is 0.310 e. The minimum absolute atomic E-state index is 0.382. The van der Waals surface area contributed by atoms with E-state index in [4.69, 9.17) is 9.84 Å². The zero-order chi connectivity index (χ0) is 15.4. The number of aryl methyl sites for hydroxylation is 2. The molecule has 2 N–H and O–H groups in total. The Labute approximate surface area is 125 Å². The van der Waals surface area contributed by atoms with Crippen LogP contribution in [-0.2, 0) is 4.79 Å². The molecule has 2 rings (SSSR count). The average Bonchev–Trinajstić information content (AvgIpc) is 2.42. The first-order valence-electron chi connectivity index (χ1n) is 7.30. The van der Waals surface area contributed by atoms with Gasteiger partial charge >= 0.3 is 5.97 Å². The van der Waals surface area contributed by atoms with Gasteiger partial charge in [-0.3, -0.25) is 9.69 Å². The molecule has 0 amide bonds. The first kappa shape index (κ1) is 15.8. The van der Waals surface area contributed by atoms with Gasteiger partial charge in [-0.25, -0.2) is 0 Å². The van der Waals surface area contributed by atoms with Crippen LogP contribution < -0.4 is 4.74 Å². The summed E-state index contributed by atoms with van der Waals surface area (Å²) in [5, 5.41) is 18.8. The molecular formula is C16H23NO4. The fraction of sp³-hybridized carbons (Fsp3) is 0.562. The van der Waals surface area contributed by atoms with Crippen molar-refractivity contribution < 1.29 is 19.7 Å². The fourth-order valence-corrected chi connectivity index (χ4v) is 2.70. The molecule has 5 nitrogen and oxygen atoms in total. The molecule has 1 aliphatic heterocycles. The standard InChI is InChI=1S/C16H23NO4/c1-11-3-4-15(12(2)9-11)21-8-7-17-6-5-14(18)13(10-17)16(19)20/h3-4,9,13-14,18H,5-8,10H2,1-2H3,(H,19,20)/t13-,14-/m0/s1. The summed E-state index contributed by atoms with van der Waals surface area (Å²) in [4.78, 5) is 13.1. The zero-order valence-electron chi connectivity index (χ0n) is 12.6. The number of rotatable bonds is 5. The van der Waals surface area contributed by atoms with E-state index in [1.54, 1.807) is 0 Å². The summed E-state index contributed by atoms with van der Waals surface area (Å²) in [5.41, 5.74) is 2.31. The van der Waals surface area contributed by atoms with E-state index in [9.17, 15) is 9.90 Å². The van der Waals surface area contributed by atoms with E-state index >= 15 is 0 Å². The molecule has 1 aromatic carbocycles. The summed E-state index contributed by atoms with van der Waals surface area (Å²) >= 11 is 0. The van der Waals surface area contributed by atoms with Crippen molar-refractivity contribution in [2.75, 3.05) is 26.2 Å². The Balaban J connectivity index is 1.82. The predicted molar refractivity (Wildman–Crippen MR) is 79.6 cm³/mol. The highest BCUT2D eigenvalue weighted by Gasteiger charge is 2.32. The number of aliphatic hydroxyl groups is 1. The van der Waals surface area contributed by atoms with E-state index < -0.39 is 18.0 Å². The molecule has 116 valence electrons. The number of nitrogens with zero attached hydrogens (tertiary/aromatic N) is 1. The molecule has 1 heterocycles. The lowest BCUT2D eigenvalue weighted by atomic mass is 9.95. The normalized spacial score (nSPS) is 23.0. The first-order valence-corrected chi connectivity index (χ1v) is 7.30. The smallest absolute Gasteiger partial charge is 0.310 e. The molecule has 1 aliphatic rings. The fourth-order valence-electron chi connectivity index (χ4n) is 2.70. The largest absolute Gasteiger partial charge is 0.492 e. The Kier molecular flexibility index (Phi) is 5.20. The highest BCUT2D eigenvalue weighted by Crippen LogP contribution is 2.20. The number of carbonyl (C=O) groups is 1. The number of ether oxygens (including phenoxy) is 1. The van der Waals surface area contributed by atoms with Crippen LogP contribution in [0.1, 0.15) is 17.5 Å². The Morgan fingerprint density at radius 2 is 2.19 bits per heavy atom. The minimum atomic E-state index is -0.928. The lowest BCUT2D eigenvalue weighted by Crippen LogP contribution is -2.47. The number of aliphatic hydroxyl groups excluding tert-OH is 1. The number of hydrogen-bond acceptors (Lipinski definition) is 4. The van der Waals surface area contributed by atoms with Crippen LogP contribution in [0, 0.1) is 19.8 Å². The van der Waals surface area contributed by atoms with E-state index in [-0.39, 0.29) is 0 Å². The highest BCUT2D eigenvalue weighted by atomic mass is 16.5. The Hall–Kier alpha value is -1.59. The van der Waals surface area contributed by atoms with Crippen LogP contribution in [0.4, 0.5) is 0 Å². The van der Waals surface area contributed by atoms with Gasteiger partial charge in [0.1, 0.15) is 12.4 Å². The van der Waals surface area contributed by atoms with Gasteiger partial charge in [-0.2, -0.15) is 0 Å². The number of piperidine rings is 1. The van der Waals surface area contributed by atoms with Gasteiger partial charge < -0.3 is 14.9 Å². The molecule has 0 aliphatic carbocycles. The third-order valence-electron chi connectivity index (χ3n) is 3.97. The van der Waals surface area contributed by atoms with Crippen LogP contribution in [0.15, 0.2) is 18.2 Å². The third-order valence-corrected chi connectivity index (χ3v) is 3.97. The van der Waals surface area contributed by atoms with Crippen molar-refractivity contribution in [1.29, 1.82) is 0 Å². The summed E-state index contributed by atoms with van der Waals surface area (Å²) in [6.07, 6.45) is -0.237. The van der Waals surface area contributed by atoms with Gasteiger partial charge in [-0.15, -0.1) is 0 Å². The first-order chi connectivity index (χ1) is 9.97. The number of likely N-dealkylation sites (tertiary alicyclic amines) is 1. The number of hydrogen-bond donors (Lipinski definition) is 2. The van der Waals surface area contributed by atoms with E-state index in [1.807, 2.05) is 30.9 Å². The van der Waals surface area contributed by atoms with Crippen LogP contribution in [0.5, 0.6) is 5.75 Å². The molecule has 0 spiro atoms. The van der Waals surface area contributed by atoms with Gasteiger partial charge in [-0.1, -0.05) is 17.7 Å². The second-order valence-electron chi connectivity index (χ2n) is 5.72. The summed E-state index contributed by atoms with van der Waals surface area (Å²) < 4.78 is 5.77. The second kappa shape index (κ2) is 6.91. The van der Waals surface area contributed by atoms with Crippen LogP contribution >= 0.6 is 0 Å². The summed E-state index contributed by atoms with van der Waals surface area (Å²) in [5.74, 6) is -0.755. The molecule has 2 atom stereocenters. The molecule has 1 aromatic rings. The quantitative estimate of drug-likeness (QED) is 0.860. The van der Waals surface area contributed by atoms with Gasteiger partial charge in [-0.05, 0) is 31.9 Å². The highest BCUT2D eigenvalue weighted by molar-refractivity contribution is 5.71. The second-order valence-corrected chi connectivity index (χ2v) is 5.72. The van der Waals surface area contributed by atoms with Gasteiger partial charge in [0.25, 0.3) is 0 Å². The Morgan fingerprint density at radius 1 is 1.43 bits per heavy atom. The Morgan fingerprint density at radius 3 is 2.86 bits per heavy atom. The van der Waals surface area contributed by atoms with Crippen molar-refractivity contribution >= 4 is 5.97 Å². The molecule has 1 fully saturated rings. The molecule has 0 bridgehead atoms. The zero-order valence-corrected chi connectivity index (χ0v) is 12.6. The van der Waals surface area contributed by atoms with Gasteiger partial charge in [0.2, 0.25) is 0 Å². The number of carboxylic acids is 1.